The molecule has 1 heterocycles. The molecule has 0 bridgehead atoms. The molecule has 0 unspecified atom stereocenters. The van der Waals surface area contributed by atoms with Crippen LogP contribution in [-0.2, 0) is 0 Å². The van der Waals surface area contributed by atoms with E-state index in [-0.39, 0.29) is 12.4 Å². The van der Waals surface area contributed by atoms with Crippen LogP contribution < -0.4 is 5.73 Å². The Hall–Kier alpha value is -1.53. The molecule has 0 aromatic heterocycles. The number of hydrogen-bond acceptors (Lipinski definition) is 3. The summed E-state index contributed by atoms with van der Waals surface area (Å²) >= 11 is 0. The van der Waals surface area contributed by atoms with Gasteiger partial charge in [-0.1, -0.05) is 0 Å². The molecule has 4 nitrogen and oxygen atoms in total. The number of alkyl halides is 3. The van der Waals surface area contributed by atoms with Gasteiger partial charge in [0.05, 0.1) is 12.8 Å². The smallest absolute Gasteiger partial charge is 0.382 e. The largest absolute Gasteiger partial charge is 0.390 e. The molecule has 15 heavy (non-hydrogen) atoms. The number of halogens is 3. The quantitative estimate of drug-likeness (QED) is 0.552. The third kappa shape index (κ3) is 4.01. The molecule has 0 amide bonds. The summed E-state index contributed by atoms with van der Waals surface area (Å²) in [6.45, 7) is 0.170. The highest BCUT2D eigenvalue weighted by molar-refractivity contribution is 5.95. The molecule has 3 N–H and O–H groups in total. The zero-order valence-electron chi connectivity index (χ0n) is 7.88. The lowest BCUT2D eigenvalue weighted by Crippen LogP contribution is -2.30. The van der Waals surface area contributed by atoms with E-state index in [9.17, 15) is 13.2 Å². The number of rotatable bonds is 3. The number of nitrogens with zero attached hydrogens (tertiary/aromatic N) is 2. The maximum absolute atomic E-state index is 11.9. The van der Waals surface area contributed by atoms with Crippen LogP contribution in [0.4, 0.5) is 13.2 Å². The molecule has 1 aliphatic rings. The van der Waals surface area contributed by atoms with E-state index in [2.05, 4.69) is 4.99 Å². The number of nitrogens with two attached hydrogens (primary N) is 1. The van der Waals surface area contributed by atoms with E-state index in [0.717, 1.165) is 0 Å². The van der Waals surface area contributed by atoms with E-state index in [1.54, 1.807) is 0 Å². The van der Waals surface area contributed by atoms with Gasteiger partial charge in [0.1, 0.15) is 11.5 Å². The highest BCUT2D eigenvalue weighted by atomic mass is 19.4. The summed E-state index contributed by atoms with van der Waals surface area (Å²) in [5.74, 6) is -0.179. The zero-order valence-corrected chi connectivity index (χ0v) is 7.88. The van der Waals surface area contributed by atoms with E-state index < -0.39 is 12.6 Å². The van der Waals surface area contributed by atoms with Crippen molar-refractivity contribution in [3.8, 4) is 0 Å². The highest BCUT2D eigenvalue weighted by Crippen LogP contribution is 2.19. The Morgan fingerprint density at radius 1 is 1.60 bits per heavy atom. The van der Waals surface area contributed by atoms with Crippen molar-refractivity contribution < 1.29 is 13.2 Å². The van der Waals surface area contributed by atoms with Crippen molar-refractivity contribution in [2.24, 2.45) is 10.7 Å². The molecule has 1 aliphatic heterocycles. The minimum absolute atomic E-state index is 0.130. The molecule has 0 radical (unpaired) electrons. The summed E-state index contributed by atoms with van der Waals surface area (Å²) in [7, 11) is 0. The monoisotopic (exact) mass is 220 g/mol. The molecule has 0 aromatic carbocycles. The summed E-state index contributed by atoms with van der Waals surface area (Å²) in [4.78, 5) is 5.17. The summed E-state index contributed by atoms with van der Waals surface area (Å²) in [6.07, 6.45) is -2.22. The second kappa shape index (κ2) is 4.33. The predicted octanol–water partition coefficient (Wildman–Crippen LogP) is 1.10. The van der Waals surface area contributed by atoms with Crippen molar-refractivity contribution in [1.82, 2.24) is 4.90 Å². The number of amidine groups is 1. The lowest BCUT2D eigenvalue weighted by Gasteiger charge is -2.21. The molecular weight excluding hydrogens is 209 g/mol. The van der Waals surface area contributed by atoms with Crippen LogP contribution in [0.3, 0.4) is 0 Å². The maximum atomic E-state index is 11.9. The third-order valence-electron chi connectivity index (χ3n) is 1.84. The van der Waals surface area contributed by atoms with Gasteiger partial charge in [-0.15, -0.1) is 0 Å². The molecule has 0 saturated carbocycles. The van der Waals surface area contributed by atoms with E-state index in [4.69, 9.17) is 11.1 Å². The topological polar surface area (TPSA) is 65.5 Å². The van der Waals surface area contributed by atoms with Crippen molar-refractivity contribution in [2.75, 3.05) is 13.1 Å². The fourth-order valence-electron chi connectivity index (χ4n) is 1.05. The van der Waals surface area contributed by atoms with Gasteiger partial charge in [-0.05, 0) is 6.08 Å². The van der Waals surface area contributed by atoms with Crippen LogP contribution in [-0.4, -0.2) is 36.3 Å². The molecule has 0 atom stereocenters. The lowest BCUT2D eigenvalue weighted by molar-refractivity contribution is -0.135. The van der Waals surface area contributed by atoms with E-state index in [0.29, 0.717) is 12.2 Å². The van der Waals surface area contributed by atoms with Crippen LogP contribution in [0.2, 0.25) is 0 Å². The first-order valence-electron chi connectivity index (χ1n) is 4.28. The number of nitrogens with one attached hydrogen (secondary N) is 1. The molecule has 0 saturated heterocycles. The summed E-state index contributed by atoms with van der Waals surface area (Å²) < 4.78 is 35.6. The molecule has 0 aromatic rings. The Kier molecular flexibility index (Phi) is 3.33. The van der Waals surface area contributed by atoms with Gasteiger partial charge in [-0.3, -0.25) is 5.41 Å². The normalized spacial score (nSPS) is 16.5. The molecule has 7 heteroatoms. The molecule has 0 fully saturated rings. The Bertz CT molecular complexity index is 305. The van der Waals surface area contributed by atoms with Gasteiger partial charge < -0.3 is 10.6 Å². The number of aliphatic imine (C=N–C) groups is 1. The highest BCUT2D eigenvalue weighted by Gasteiger charge is 2.27. The van der Waals surface area contributed by atoms with Crippen LogP contribution in [0.1, 0.15) is 6.42 Å². The van der Waals surface area contributed by atoms with Crippen molar-refractivity contribution in [3.05, 3.63) is 11.8 Å². The fraction of sp³-hybridized carbons (Fsp3) is 0.500. The fourth-order valence-corrected chi connectivity index (χ4v) is 1.05. The second-order valence-corrected chi connectivity index (χ2v) is 3.11. The van der Waals surface area contributed by atoms with Gasteiger partial charge in [0, 0.05) is 13.1 Å². The number of hydrogen-bond donors (Lipinski definition) is 2. The van der Waals surface area contributed by atoms with Crippen molar-refractivity contribution >= 4 is 12.2 Å². The minimum atomic E-state index is -4.15. The first-order chi connectivity index (χ1) is 6.88. The minimum Gasteiger partial charge on any atom is -0.382 e. The average Bonchev–Trinajstić information content (AvgIpc) is 2.14. The summed E-state index contributed by atoms with van der Waals surface area (Å²) in [5, 5.41) is 7.05. The molecule has 0 aliphatic carbocycles. The van der Waals surface area contributed by atoms with Crippen molar-refractivity contribution in [1.29, 1.82) is 5.41 Å². The molecular formula is C8H11F3N4. The van der Waals surface area contributed by atoms with Gasteiger partial charge >= 0.3 is 6.18 Å². The zero-order chi connectivity index (χ0) is 11.5. The molecule has 1 rings (SSSR count). The van der Waals surface area contributed by atoms with Gasteiger partial charge in [0.15, 0.2) is 0 Å². The van der Waals surface area contributed by atoms with Crippen LogP contribution in [0, 0.1) is 5.41 Å². The Morgan fingerprint density at radius 2 is 2.27 bits per heavy atom. The first kappa shape index (κ1) is 11.5. The Labute approximate surface area is 84.8 Å². The third-order valence-corrected chi connectivity index (χ3v) is 1.84. The SMILES string of the molecule is N=C(N)C1=CCN(CCC(F)(F)F)C=N1. The van der Waals surface area contributed by atoms with Gasteiger partial charge in [-0.2, -0.15) is 13.2 Å². The van der Waals surface area contributed by atoms with Crippen molar-refractivity contribution in [2.45, 2.75) is 12.6 Å². The molecule has 0 spiro atoms. The van der Waals surface area contributed by atoms with Crippen LogP contribution in [0.5, 0.6) is 0 Å². The summed E-state index contributed by atoms with van der Waals surface area (Å²) in [5.41, 5.74) is 5.46. The first-order valence-corrected chi connectivity index (χ1v) is 4.28. The lowest BCUT2D eigenvalue weighted by atomic mass is 10.3. The van der Waals surface area contributed by atoms with Gasteiger partial charge in [-0.25, -0.2) is 4.99 Å². The summed E-state index contributed by atoms with van der Waals surface area (Å²) in [6, 6.07) is 0. The Morgan fingerprint density at radius 3 is 2.67 bits per heavy atom. The van der Waals surface area contributed by atoms with E-state index >= 15 is 0 Å². The second-order valence-electron chi connectivity index (χ2n) is 3.11. The maximum Gasteiger partial charge on any atom is 0.390 e. The average molecular weight is 220 g/mol. The Balaban J connectivity index is 2.40. The molecule has 84 valence electrons. The van der Waals surface area contributed by atoms with Gasteiger partial charge in [0.2, 0.25) is 0 Å². The van der Waals surface area contributed by atoms with Crippen LogP contribution in [0.25, 0.3) is 0 Å². The van der Waals surface area contributed by atoms with E-state index in [1.165, 1.54) is 17.3 Å². The predicted molar refractivity (Wildman–Crippen MR) is 50.7 cm³/mol. The van der Waals surface area contributed by atoms with Crippen molar-refractivity contribution in [3.63, 3.8) is 0 Å². The van der Waals surface area contributed by atoms with Crippen LogP contribution >= 0.6 is 0 Å². The standard InChI is InChI=1S/C8H11F3N4/c9-8(10,11)2-4-15-3-1-6(7(12)13)14-5-15/h1,5H,2-4H2,(H3,12,13). The van der Waals surface area contributed by atoms with Crippen LogP contribution in [0.15, 0.2) is 16.8 Å². The van der Waals surface area contributed by atoms with E-state index in [1.807, 2.05) is 0 Å². The van der Waals surface area contributed by atoms with Gasteiger partial charge in [0.25, 0.3) is 0 Å².